The Hall–Kier alpha value is -10.9. The zero-order chi connectivity index (χ0) is 53.4. The van der Waals surface area contributed by atoms with E-state index in [0.717, 1.165) is 128 Å². The molecule has 0 saturated heterocycles. The van der Waals surface area contributed by atoms with E-state index in [0.29, 0.717) is 0 Å². The van der Waals surface area contributed by atoms with Gasteiger partial charge in [0, 0.05) is 83.3 Å². The summed E-state index contributed by atoms with van der Waals surface area (Å²) in [5, 5.41) is 8.97. The maximum Gasteiger partial charge on any atom is 0.143 e. The first kappa shape index (κ1) is 46.2. The van der Waals surface area contributed by atoms with Gasteiger partial charge in [0.2, 0.25) is 0 Å². The van der Waals surface area contributed by atoms with Crippen LogP contribution in [-0.2, 0) is 0 Å². The van der Waals surface area contributed by atoms with Crippen molar-refractivity contribution in [3.63, 3.8) is 0 Å². The molecular formula is C76H49N3O2. The smallest absolute Gasteiger partial charge is 0.143 e. The third-order valence-corrected chi connectivity index (χ3v) is 16.1. The summed E-state index contributed by atoms with van der Waals surface area (Å²) in [7, 11) is 0. The minimum atomic E-state index is 0.854. The number of furan rings is 2. The molecule has 0 spiro atoms. The van der Waals surface area contributed by atoms with Crippen molar-refractivity contribution in [2.45, 2.75) is 0 Å². The van der Waals surface area contributed by atoms with E-state index in [9.17, 15) is 0 Å². The molecule has 3 heterocycles. The van der Waals surface area contributed by atoms with E-state index in [1.165, 1.54) is 21.9 Å². The van der Waals surface area contributed by atoms with Crippen molar-refractivity contribution < 1.29 is 8.83 Å². The van der Waals surface area contributed by atoms with Gasteiger partial charge in [-0.25, -0.2) is 0 Å². The number of hydrogen-bond acceptors (Lipinski definition) is 4. The van der Waals surface area contributed by atoms with Crippen LogP contribution in [-0.4, -0.2) is 4.57 Å². The quantitative estimate of drug-likeness (QED) is 0.137. The lowest BCUT2D eigenvalue weighted by atomic mass is 10.0. The first-order chi connectivity index (χ1) is 40.1. The molecule has 0 aliphatic carbocycles. The molecule has 5 nitrogen and oxygen atoms in total. The van der Waals surface area contributed by atoms with E-state index in [2.05, 4.69) is 312 Å². The molecule has 81 heavy (non-hydrogen) atoms. The summed E-state index contributed by atoms with van der Waals surface area (Å²) in [6, 6.07) is 107. The number of fused-ring (bicyclic) bond motifs is 10. The maximum atomic E-state index is 6.69. The highest BCUT2D eigenvalue weighted by molar-refractivity contribution is 6.16. The van der Waals surface area contributed by atoms with Crippen molar-refractivity contribution in [2.24, 2.45) is 0 Å². The van der Waals surface area contributed by atoms with E-state index in [-0.39, 0.29) is 0 Å². The van der Waals surface area contributed by atoms with Gasteiger partial charge in [0.1, 0.15) is 22.3 Å². The number of anilines is 6. The normalized spacial score (nSPS) is 11.7. The lowest BCUT2D eigenvalue weighted by Crippen LogP contribution is -2.10. The molecule has 0 bridgehead atoms. The molecule has 5 heteroatoms. The van der Waals surface area contributed by atoms with Crippen LogP contribution in [0.1, 0.15) is 0 Å². The minimum absolute atomic E-state index is 0.854. The van der Waals surface area contributed by atoms with Crippen molar-refractivity contribution >= 4 is 111 Å². The molecule has 380 valence electrons. The largest absolute Gasteiger partial charge is 0.455 e. The second kappa shape index (κ2) is 18.9. The molecule has 0 amide bonds. The fraction of sp³-hybridized carbons (Fsp3) is 0. The Morgan fingerprint density at radius 2 is 0.691 bits per heavy atom. The molecule has 0 atom stereocenters. The molecule has 0 N–H and O–H groups in total. The molecule has 16 rings (SSSR count). The van der Waals surface area contributed by atoms with Crippen LogP contribution in [0.2, 0.25) is 0 Å². The van der Waals surface area contributed by atoms with Gasteiger partial charge in [-0.1, -0.05) is 188 Å². The number of para-hydroxylation sites is 4. The number of hydrogen-bond donors (Lipinski definition) is 0. The van der Waals surface area contributed by atoms with Crippen LogP contribution in [0.3, 0.4) is 0 Å². The number of benzene rings is 13. The summed E-state index contributed by atoms with van der Waals surface area (Å²) >= 11 is 0. The standard InChI is InChI=1S/C76H49N3O2/c1-6-18-50(19-7-1)51-32-35-58(36-33-51)79-71-46-55-44-59(77(56-24-12-4-13-25-56)60-39-42-73-69(47-60)66-30-16-28-63(75(66)80-73)52-20-8-2-9-21-52)37-34-54(55)45-68(71)65-41-38-62(49-72(65)79)78(57-26-14-5-15-27-57)61-40-43-74-70(48-61)67-31-17-29-64(76(67)81-74)53-22-10-3-11-23-53/h1-49H. The number of aromatic nitrogens is 1. The van der Waals surface area contributed by atoms with Crippen molar-refractivity contribution in [3.8, 4) is 39.1 Å². The minimum Gasteiger partial charge on any atom is -0.455 e. The molecule has 3 aromatic heterocycles. The Morgan fingerprint density at radius 1 is 0.247 bits per heavy atom. The van der Waals surface area contributed by atoms with E-state index in [1.807, 2.05) is 0 Å². The van der Waals surface area contributed by atoms with Crippen molar-refractivity contribution in [3.05, 3.63) is 297 Å². The molecule has 0 radical (unpaired) electrons. The second-order valence-electron chi connectivity index (χ2n) is 20.9. The summed E-state index contributed by atoms with van der Waals surface area (Å²) in [6.07, 6.45) is 0. The second-order valence-corrected chi connectivity index (χ2v) is 20.9. The van der Waals surface area contributed by atoms with E-state index in [1.54, 1.807) is 0 Å². The predicted molar refractivity (Wildman–Crippen MR) is 339 cm³/mol. The van der Waals surface area contributed by atoms with Gasteiger partial charge in [-0.05, 0) is 142 Å². The average Bonchev–Trinajstić information content (AvgIpc) is 4.29. The van der Waals surface area contributed by atoms with Gasteiger partial charge in [-0.15, -0.1) is 0 Å². The van der Waals surface area contributed by atoms with Crippen molar-refractivity contribution in [1.29, 1.82) is 0 Å². The van der Waals surface area contributed by atoms with Crippen LogP contribution < -0.4 is 9.80 Å². The molecular weight excluding hydrogens is 987 g/mol. The molecule has 13 aromatic carbocycles. The Morgan fingerprint density at radius 3 is 1.23 bits per heavy atom. The predicted octanol–water partition coefficient (Wildman–Crippen LogP) is 21.7. The number of rotatable bonds is 10. The van der Waals surface area contributed by atoms with Crippen LogP contribution in [0, 0.1) is 0 Å². The Balaban J connectivity index is 0.870. The molecule has 0 aliphatic rings. The fourth-order valence-corrected chi connectivity index (χ4v) is 12.3. The highest BCUT2D eigenvalue weighted by Gasteiger charge is 2.22. The lowest BCUT2D eigenvalue weighted by molar-refractivity contribution is 0.669. The zero-order valence-corrected chi connectivity index (χ0v) is 43.9. The molecule has 0 aliphatic heterocycles. The third kappa shape index (κ3) is 7.85. The van der Waals surface area contributed by atoms with Crippen LogP contribution in [0.25, 0.3) is 116 Å². The summed E-state index contributed by atoms with van der Waals surface area (Å²) in [5.74, 6) is 0. The van der Waals surface area contributed by atoms with Gasteiger partial charge in [0.15, 0.2) is 0 Å². The third-order valence-electron chi connectivity index (χ3n) is 16.1. The van der Waals surface area contributed by atoms with Crippen molar-refractivity contribution in [2.75, 3.05) is 9.80 Å². The Labute approximate surface area is 467 Å². The van der Waals surface area contributed by atoms with Crippen LogP contribution in [0.4, 0.5) is 34.1 Å². The highest BCUT2D eigenvalue weighted by Crippen LogP contribution is 2.46. The molecule has 16 aromatic rings. The topological polar surface area (TPSA) is 37.7 Å². The summed E-state index contributed by atoms with van der Waals surface area (Å²) < 4.78 is 15.8. The van der Waals surface area contributed by atoms with Crippen LogP contribution >= 0.6 is 0 Å². The molecule has 0 unspecified atom stereocenters. The first-order valence-electron chi connectivity index (χ1n) is 27.5. The average molecular weight is 1040 g/mol. The molecule has 0 saturated carbocycles. The van der Waals surface area contributed by atoms with Gasteiger partial charge in [0.05, 0.1) is 11.0 Å². The monoisotopic (exact) mass is 1040 g/mol. The first-order valence-corrected chi connectivity index (χ1v) is 27.5. The summed E-state index contributed by atoms with van der Waals surface area (Å²) in [5.41, 5.74) is 19.9. The summed E-state index contributed by atoms with van der Waals surface area (Å²) in [6.45, 7) is 0. The maximum absolute atomic E-state index is 6.69. The van der Waals surface area contributed by atoms with Crippen LogP contribution in [0.5, 0.6) is 0 Å². The SMILES string of the molecule is c1ccc(-c2ccc(-n3c4cc(N(c5ccccc5)c5ccc6oc7c(-c8ccccc8)cccc7c6c5)ccc4c4cc5ccc(N(c6ccccc6)c6ccc7oc8c(-c9ccccc9)cccc8c7c6)cc5cc43)cc2)cc1. The highest BCUT2D eigenvalue weighted by atomic mass is 16.3. The zero-order valence-electron chi connectivity index (χ0n) is 43.9. The van der Waals surface area contributed by atoms with E-state index in [4.69, 9.17) is 8.83 Å². The van der Waals surface area contributed by atoms with Gasteiger partial charge in [-0.3, -0.25) is 0 Å². The molecule has 0 fully saturated rings. The van der Waals surface area contributed by atoms with Gasteiger partial charge in [-0.2, -0.15) is 0 Å². The lowest BCUT2D eigenvalue weighted by Gasteiger charge is -2.26. The van der Waals surface area contributed by atoms with E-state index < -0.39 is 0 Å². The van der Waals surface area contributed by atoms with Crippen LogP contribution in [0.15, 0.2) is 306 Å². The van der Waals surface area contributed by atoms with Gasteiger partial charge in [0.25, 0.3) is 0 Å². The summed E-state index contributed by atoms with van der Waals surface area (Å²) in [4.78, 5) is 4.73. The Kier molecular flexibility index (Phi) is 10.8. The fourth-order valence-electron chi connectivity index (χ4n) is 12.3. The van der Waals surface area contributed by atoms with Gasteiger partial charge >= 0.3 is 0 Å². The van der Waals surface area contributed by atoms with Gasteiger partial charge < -0.3 is 23.2 Å². The number of nitrogens with zero attached hydrogens (tertiary/aromatic N) is 3. The Bertz CT molecular complexity index is 5030. The van der Waals surface area contributed by atoms with E-state index >= 15 is 0 Å². The van der Waals surface area contributed by atoms with Crippen molar-refractivity contribution in [1.82, 2.24) is 4.57 Å².